The van der Waals surface area contributed by atoms with Crippen LogP contribution >= 0.6 is 0 Å². The summed E-state index contributed by atoms with van der Waals surface area (Å²) < 4.78 is 0. The summed E-state index contributed by atoms with van der Waals surface area (Å²) >= 11 is 0. The molecule has 1 aromatic carbocycles. The first kappa shape index (κ1) is 7.35. The van der Waals surface area contributed by atoms with Crippen molar-refractivity contribution in [2.45, 2.75) is 13.3 Å². The molecule has 60 valence electrons. The Morgan fingerprint density at radius 1 is 1.17 bits per heavy atom. The highest BCUT2D eigenvalue weighted by Crippen LogP contribution is 2.16. The third-order valence-corrected chi connectivity index (χ3v) is 2.16. The Morgan fingerprint density at radius 2 is 2.08 bits per heavy atom. The van der Waals surface area contributed by atoms with Gasteiger partial charge in [-0.05, 0) is 24.5 Å². The molecule has 1 aliphatic rings. The quantitative estimate of drug-likeness (QED) is 0.541. The zero-order valence-corrected chi connectivity index (χ0v) is 7.25. The van der Waals surface area contributed by atoms with E-state index in [1.807, 2.05) is 0 Å². The summed E-state index contributed by atoms with van der Waals surface area (Å²) in [5, 5.41) is 0. The Labute approximate surface area is 73.2 Å². The van der Waals surface area contributed by atoms with Gasteiger partial charge in [0.2, 0.25) is 0 Å². The lowest BCUT2D eigenvalue weighted by Gasteiger charge is -2.02. The number of aryl methyl sites for hydroxylation is 1. The lowest BCUT2D eigenvalue weighted by Crippen LogP contribution is -1.86. The molecule has 0 bridgehead atoms. The van der Waals surface area contributed by atoms with E-state index in [2.05, 4.69) is 49.4 Å². The molecule has 0 spiro atoms. The fraction of sp³-hybridized carbons (Fsp3) is 0.167. The van der Waals surface area contributed by atoms with E-state index in [9.17, 15) is 0 Å². The van der Waals surface area contributed by atoms with Crippen molar-refractivity contribution in [1.82, 2.24) is 0 Å². The minimum absolute atomic E-state index is 1.06. The van der Waals surface area contributed by atoms with Gasteiger partial charge >= 0.3 is 0 Å². The molecule has 1 aromatic rings. The van der Waals surface area contributed by atoms with E-state index in [0.717, 1.165) is 6.42 Å². The lowest BCUT2D eigenvalue weighted by molar-refractivity contribution is 1.24. The number of allylic oxidation sites excluding steroid dienone is 3. The highest BCUT2D eigenvalue weighted by Gasteiger charge is 1.99. The van der Waals surface area contributed by atoms with Gasteiger partial charge in [-0.2, -0.15) is 0 Å². The van der Waals surface area contributed by atoms with E-state index in [1.54, 1.807) is 0 Å². The second-order valence-electron chi connectivity index (χ2n) is 3.19. The molecule has 0 aliphatic heterocycles. The summed E-state index contributed by atoms with van der Waals surface area (Å²) in [7, 11) is 0. The maximum absolute atomic E-state index is 2.26. The van der Waals surface area contributed by atoms with Gasteiger partial charge < -0.3 is 0 Å². The number of benzene rings is 1. The molecule has 0 atom stereocenters. The first-order chi connectivity index (χ1) is 5.86. The standard InChI is InChI=1S/C12H12/c1-10-7-8-11-5-3-2-4-6-12(11)9-10/h2-5,7-9H,6H2,1H3. The molecule has 0 amide bonds. The number of rotatable bonds is 0. The number of hydrogen-bond donors (Lipinski definition) is 0. The molecule has 0 heteroatoms. The highest BCUT2D eigenvalue weighted by atomic mass is 14.0. The molecule has 0 heterocycles. The summed E-state index contributed by atoms with van der Waals surface area (Å²) in [6.45, 7) is 2.14. The van der Waals surface area contributed by atoms with E-state index < -0.39 is 0 Å². The Bertz CT molecular complexity index is 343. The minimum atomic E-state index is 1.06. The van der Waals surface area contributed by atoms with Gasteiger partial charge in [0, 0.05) is 0 Å². The SMILES string of the molecule is Cc1ccc2c(c1)CC=CC=C2. The predicted molar refractivity (Wildman–Crippen MR) is 53.1 cm³/mol. The van der Waals surface area contributed by atoms with Crippen LogP contribution in [0.25, 0.3) is 6.08 Å². The number of fused-ring (bicyclic) bond motifs is 1. The maximum Gasteiger partial charge on any atom is -0.00883 e. The zero-order chi connectivity index (χ0) is 8.39. The zero-order valence-electron chi connectivity index (χ0n) is 7.25. The molecular weight excluding hydrogens is 144 g/mol. The van der Waals surface area contributed by atoms with Crippen LogP contribution in [0.4, 0.5) is 0 Å². The molecule has 0 N–H and O–H groups in total. The van der Waals surface area contributed by atoms with Crippen LogP contribution in [-0.2, 0) is 6.42 Å². The molecule has 0 radical (unpaired) electrons. The van der Waals surface area contributed by atoms with E-state index in [0.29, 0.717) is 0 Å². The van der Waals surface area contributed by atoms with Crippen LogP contribution in [0.5, 0.6) is 0 Å². The largest absolute Gasteiger partial charge is 0.0801 e. The second kappa shape index (κ2) is 2.98. The fourth-order valence-corrected chi connectivity index (χ4v) is 1.51. The van der Waals surface area contributed by atoms with Gasteiger partial charge in [-0.3, -0.25) is 0 Å². The maximum atomic E-state index is 2.26. The summed E-state index contributed by atoms with van der Waals surface area (Å²) in [6, 6.07) is 6.61. The summed E-state index contributed by atoms with van der Waals surface area (Å²) in [5.41, 5.74) is 4.13. The van der Waals surface area contributed by atoms with Gasteiger partial charge in [0.1, 0.15) is 0 Å². The average Bonchev–Trinajstić information content (AvgIpc) is 2.28. The Morgan fingerprint density at radius 3 is 3.00 bits per heavy atom. The van der Waals surface area contributed by atoms with Crippen LogP contribution in [0.1, 0.15) is 16.7 Å². The van der Waals surface area contributed by atoms with E-state index >= 15 is 0 Å². The van der Waals surface area contributed by atoms with Crippen LogP contribution in [0, 0.1) is 6.92 Å². The Hall–Kier alpha value is -1.30. The third-order valence-electron chi connectivity index (χ3n) is 2.16. The summed E-state index contributed by atoms with van der Waals surface area (Å²) in [4.78, 5) is 0. The van der Waals surface area contributed by atoms with Crippen LogP contribution in [0.3, 0.4) is 0 Å². The molecule has 0 saturated carbocycles. The molecule has 1 aliphatic carbocycles. The van der Waals surface area contributed by atoms with E-state index in [-0.39, 0.29) is 0 Å². The van der Waals surface area contributed by atoms with Crippen molar-refractivity contribution < 1.29 is 0 Å². The molecule has 0 unspecified atom stereocenters. The smallest absolute Gasteiger partial charge is 0.00883 e. The monoisotopic (exact) mass is 156 g/mol. The van der Waals surface area contributed by atoms with Gasteiger partial charge in [0.25, 0.3) is 0 Å². The van der Waals surface area contributed by atoms with Crippen LogP contribution in [-0.4, -0.2) is 0 Å². The highest BCUT2D eigenvalue weighted by molar-refractivity contribution is 5.57. The second-order valence-corrected chi connectivity index (χ2v) is 3.19. The number of hydrogen-bond acceptors (Lipinski definition) is 0. The normalized spacial score (nSPS) is 14.1. The van der Waals surface area contributed by atoms with Gasteiger partial charge in [-0.25, -0.2) is 0 Å². The molecular formula is C12H12. The topological polar surface area (TPSA) is 0 Å². The Balaban J connectivity index is 2.53. The van der Waals surface area contributed by atoms with Crippen molar-refractivity contribution in [1.29, 1.82) is 0 Å². The lowest BCUT2D eigenvalue weighted by atomic mass is 10.0. The van der Waals surface area contributed by atoms with Crippen molar-refractivity contribution in [2.75, 3.05) is 0 Å². The summed E-state index contributed by atoms with van der Waals surface area (Å²) in [6.07, 6.45) is 9.63. The Kier molecular flexibility index (Phi) is 1.83. The third kappa shape index (κ3) is 1.33. The van der Waals surface area contributed by atoms with Crippen LogP contribution in [0.15, 0.2) is 36.4 Å². The molecule has 0 nitrogen and oxygen atoms in total. The van der Waals surface area contributed by atoms with Crippen LogP contribution < -0.4 is 0 Å². The first-order valence-corrected chi connectivity index (χ1v) is 4.29. The van der Waals surface area contributed by atoms with Gasteiger partial charge in [-0.15, -0.1) is 0 Å². The van der Waals surface area contributed by atoms with Gasteiger partial charge in [0.05, 0.1) is 0 Å². The predicted octanol–water partition coefficient (Wildman–Crippen LogP) is 3.12. The fourth-order valence-electron chi connectivity index (χ4n) is 1.51. The van der Waals surface area contributed by atoms with E-state index in [4.69, 9.17) is 0 Å². The van der Waals surface area contributed by atoms with E-state index in [1.165, 1.54) is 16.7 Å². The summed E-state index contributed by atoms with van der Waals surface area (Å²) in [5.74, 6) is 0. The van der Waals surface area contributed by atoms with Crippen molar-refractivity contribution in [3.63, 3.8) is 0 Å². The van der Waals surface area contributed by atoms with Gasteiger partial charge in [0.15, 0.2) is 0 Å². The van der Waals surface area contributed by atoms with Crippen molar-refractivity contribution in [3.05, 3.63) is 53.1 Å². The first-order valence-electron chi connectivity index (χ1n) is 4.29. The van der Waals surface area contributed by atoms with Gasteiger partial charge in [-0.1, -0.05) is 48.1 Å². The molecule has 0 saturated heterocycles. The van der Waals surface area contributed by atoms with Crippen LogP contribution in [0.2, 0.25) is 0 Å². The molecule has 0 fully saturated rings. The molecule has 0 aromatic heterocycles. The average molecular weight is 156 g/mol. The molecule has 12 heavy (non-hydrogen) atoms. The van der Waals surface area contributed by atoms with Crippen molar-refractivity contribution >= 4 is 6.08 Å². The van der Waals surface area contributed by atoms with Crippen molar-refractivity contribution in [2.24, 2.45) is 0 Å². The molecule has 2 rings (SSSR count). The minimum Gasteiger partial charge on any atom is -0.0801 e. The van der Waals surface area contributed by atoms with Crippen molar-refractivity contribution in [3.8, 4) is 0 Å².